The molecule has 0 bridgehead atoms. The van der Waals surface area contributed by atoms with Gasteiger partial charge in [-0.2, -0.15) is 5.26 Å². The molecule has 0 radical (unpaired) electrons. The molecule has 6 heteroatoms. The maximum Gasteiger partial charge on any atom is 0.337 e. The predicted octanol–water partition coefficient (Wildman–Crippen LogP) is 0.497. The van der Waals surface area contributed by atoms with Gasteiger partial charge in [-0.15, -0.1) is 0 Å². The highest BCUT2D eigenvalue weighted by Crippen LogP contribution is 2.30. The first-order chi connectivity index (χ1) is 8.06. The number of aliphatic carboxylic acids is 1. The Morgan fingerprint density at radius 1 is 1.59 bits per heavy atom. The third-order valence-electron chi connectivity index (χ3n) is 2.21. The smallest absolute Gasteiger partial charge is 0.337 e. The standard InChI is InChI=1S/C11H9NO5/c1-17-8-3-2-6(4-12)7(5-13)9(8)10(14)11(15)16/h2-3,5,10,14H,1H3,(H,15,16). The van der Waals surface area contributed by atoms with Crippen LogP contribution in [0.2, 0.25) is 0 Å². The van der Waals surface area contributed by atoms with E-state index < -0.39 is 12.1 Å². The van der Waals surface area contributed by atoms with Gasteiger partial charge in [-0.1, -0.05) is 0 Å². The molecule has 6 nitrogen and oxygen atoms in total. The van der Waals surface area contributed by atoms with Crippen LogP contribution in [-0.2, 0) is 4.79 Å². The van der Waals surface area contributed by atoms with E-state index in [0.29, 0.717) is 6.29 Å². The Kier molecular flexibility index (Phi) is 3.80. The molecule has 0 spiro atoms. The van der Waals surface area contributed by atoms with Crippen molar-refractivity contribution >= 4 is 12.3 Å². The zero-order valence-corrected chi connectivity index (χ0v) is 8.88. The monoisotopic (exact) mass is 235 g/mol. The zero-order chi connectivity index (χ0) is 13.0. The van der Waals surface area contributed by atoms with Crippen molar-refractivity contribution in [2.24, 2.45) is 0 Å². The SMILES string of the molecule is COc1ccc(C#N)c(C=O)c1C(O)C(=O)O. The summed E-state index contributed by atoms with van der Waals surface area (Å²) in [7, 11) is 1.27. The molecule has 1 aromatic carbocycles. The van der Waals surface area contributed by atoms with Crippen molar-refractivity contribution in [3.8, 4) is 11.8 Å². The van der Waals surface area contributed by atoms with Crippen molar-refractivity contribution in [1.29, 1.82) is 5.26 Å². The summed E-state index contributed by atoms with van der Waals surface area (Å²) in [6, 6.07) is 4.39. The Morgan fingerprint density at radius 2 is 2.24 bits per heavy atom. The van der Waals surface area contributed by atoms with Gasteiger partial charge in [0.15, 0.2) is 12.4 Å². The summed E-state index contributed by atoms with van der Waals surface area (Å²) in [5, 5.41) is 27.0. The lowest BCUT2D eigenvalue weighted by molar-refractivity contribution is -0.147. The summed E-state index contributed by atoms with van der Waals surface area (Å²) in [4.78, 5) is 21.6. The van der Waals surface area contributed by atoms with Crippen molar-refractivity contribution in [2.75, 3.05) is 7.11 Å². The third kappa shape index (κ3) is 2.24. The number of benzene rings is 1. The van der Waals surface area contributed by atoms with Gasteiger partial charge in [0.05, 0.1) is 18.7 Å². The van der Waals surface area contributed by atoms with Gasteiger partial charge in [0.2, 0.25) is 0 Å². The highest BCUT2D eigenvalue weighted by molar-refractivity contribution is 5.87. The number of carbonyl (C=O) groups is 2. The van der Waals surface area contributed by atoms with Crippen LogP contribution in [0.25, 0.3) is 0 Å². The molecule has 0 fully saturated rings. The lowest BCUT2D eigenvalue weighted by Crippen LogP contribution is -2.15. The molecule has 0 heterocycles. The fourth-order valence-electron chi connectivity index (χ4n) is 1.42. The van der Waals surface area contributed by atoms with Crippen LogP contribution >= 0.6 is 0 Å². The molecule has 1 atom stereocenters. The van der Waals surface area contributed by atoms with Crippen LogP contribution in [0.5, 0.6) is 5.75 Å². The molecule has 88 valence electrons. The molecule has 1 rings (SSSR count). The molecule has 0 aliphatic rings. The van der Waals surface area contributed by atoms with Crippen LogP contribution in [0.1, 0.15) is 27.6 Å². The van der Waals surface area contributed by atoms with Crippen molar-refractivity contribution < 1.29 is 24.5 Å². The number of carboxylic acids is 1. The molecular formula is C11H9NO5. The van der Waals surface area contributed by atoms with E-state index in [2.05, 4.69) is 0 Å². The number of aliphatic hydroxyl groups excluding tert-OH is 1. The maximum absolute atomic E-state index is 10.9. The summed E-state index contributed by atoms with van der Waals surface area (Å²) < 4.78 is 4.87. The molecule has 0 aromatic heterocycles. The molecule has 0 saturated heterocycles. The van der Waals surface area contributed by atoms with E-state index in [4.69, 9.17) is 15.1 Å². The summed E-state index contributed by atoms with van der Waals surface area (Å²) in [6.45, 7) is 0. The van der Waals surface area contributed by atoms with Crippen LogP contribution in [0.4, 0.5) is 0 Å². The number of hydrogen-bond donors (Lipinski definition) is 2. The second-order valence-corrected chi connectivity index (χ2v) is 3.11. The lowest BCUT2D eigenvalue weighted by atomic mass is 9.97. The minimum absolute atomic E-state index is 0.0175. The number of hydrogen-bond acceptors (Lipinski definition) is 5. The van der Waals surface area contributed by atoms with Crippen LogP contribution in [0.15, 0.2) is 12.1 Å². The van der Waals surface area contributed by atoms with Crippen molar-refractivity contribution in [2.45, 2.75) is 6.10 Å². The average Bonchev–Trinajstić information content (AvgIpc) is 2.35. The van der Waals surface area contributed by atoms with E-state index in [1.54, 1.807) is 6.07 Å². The van der Waals surface area contributed by atoms with Gasteiger partial charge in [0.25, 0.3) is 0 Å². The van der Waals surface area contributed by atoms with E-state index in [1.165, 1.54) is 19.2 Å². The maximum atomic E-state index is 10.9. The summed E-state index contributed by atoms with van der Waals surface area (Å²) >= 11 is 0. The number of carbonyl (C=O) groups excluding carboxylic acids is 1. The first kappa shape index (κ1) is 12.7. The molecule has 1 aromatic rings. The first-order valence-corrected chi connectivity index (χ1v) is 4.53. The minimum atomic E-state index is -1.92. The van der Waals surface area contributed by atoms with Crippen LogP contribution in [-0.4, -0.2) is 29.6 Å². The highest BCUT2D eigenvalue weighted by Gasteiger charge is 2.25. The number of nitriles is 1. The summed E-state index contributed by atoms with van der Waals surface area (Å²) in [5.74, 6) is -1.48. The second kappa shape index (κ2) is 5.09. The highest BCUT2D eigenvalue weighted by atomic mass is 16.5. The predicted molar refractivity (Wildman–Crippen MR) is 55.7 cm³/mol. The van der Waals surface area contributed by atoms with Gasteiger partial charge < -0.3 is 14.9 Å². The number of rotatable bonds is 4. The van der Waals surface area contributed by atoms with Crippen molar-refractivity contribution in [3.05, 3.63) is 28.8 Å². The molecule has 2 N–H and O–H groups in total. The minimum Gasteiger partial charge on any atom is -0.496 e. The second-order valence-electron chi connectivity index (χ2n) is 3.11. The number of nitrogens with zero attached hydrogens (tertiary/aromatic N) is 1. The van der Waals surface area contributed by atoms with Crippen LogP contribution < -0.4 is 4.74 Å². The molecule has 0 amide bonds. The zero-order valence-electron chi connectivity index (χ0n) is 8.88. The fourth-order valence-corrected chi connectivity index (χ4v) is 1.42. The average molecular weight is 235 g/mol. The van der Waals surface area contributed by atoms with Crippen LogP contribution in [0, 0.1) is 11.3 Å². The van der Waals surface area contributed by atoms with E-state index in [9.17, 15) is 14.7 Å². The van der Waals surface area contributed by atoms with Gasteiger partial charge in [-0.25, -0.2) is 4.79 Å². The fraction of sp³-hybridized carbons (Fsp3) is 0.182. The Hall–Kier alpha value is -2.39. The Bertz CT molecular complexity index is 503. The van der Waals surface area contributed by atoms with E-state index in [0.717, 1.165) is 0 Å². The number of methoxy groups -OCH3 is 1. The summed E-state index contributed by atoms with van der Waals surface area (Å²) in [5.41, 5.74) is -0.410. The van der Waals surface area contributed by atoms with E-state index in [-0.39, 0.29) is 22.4 Å². The van der Waals surface area contributed by atoms with E-state index in [1.807, 2.05) is 0 Å². The molecule has 17 heavy (non-hydrogen) atoms. The first-order valence-electron chi connectivity index (χ1n) is 4.53. The lowest BCUT2D eigenvalue weighted by Gasteiger charge is -2.14. The summed E-state index contributed by atoms with van der Waals surface area (Å²) in [6.07, 6.45) is -1.60. The third-order valence-corrected chi connectivity index (χ3v) is 2.21. The molecule has 0 saturated carbocycles. The van der Waals surface area contributed by atoms with Crippen LogP contribution in [0.3, 0.4) is 0 Å². The Labute approximate surface area is 96.7 Å². The van der Waals surface area contributed by atoms with Gasteiger partial charge >= 0.3 is 5.97 Å². The largest absolute Gasteiger partial charge is 0.496 e. The topological polar surface area (TPSA) is 108 Å². The van der Waals surface area contributed by atoms with Gasteiger partial charge in [-0.05, 0) is 12.1 Å². The molecule has 0 aliphatic heterocycles. The number of ether oxygens (including phenoxy) is 1. The molecular weight excluding hydrogens is 226 g/mol. The number of aldehydes is 1. The molecule has 0 aliphatic carbocycles. The quantitative estimate of drug-likeness (QED) is 0.735. The Morgan fingerprint density at radius 3 is 2.65 bits per heavy atom. The van der Waals surface area contributed by atoms with Gasteiger partial charge in [0.1, 0.15) is 5.75 Å². The number of aliphatic hydroxyl groups is 1. The number of carboxylic acid groups (broad SMARTS) is 1. The van der Waals surface area contributed by atoms with Gasteiger partial charge in [-0.3, -0.25) is 4.79 Å². The van der Waals surface area contributed by atoms with Crippen molar-refractivity contribution in [1.82, 2.24) is 0 Å². The Balaban J connectivity index is 3.57. The molecule has 1 unspecified atom stereocenters. The van der Waals surface area contributed by atoms with Crippen molar-refractivity contribution in [3.63, 3.8) is 0 Å². The normalized spacial score (nSPS) is 11.4. The van der Waals surface area contributed by atoms with Gasteiger partial charge in [0, 0.05) is 11.1 Å². The van der Waals surface area contributed by atoms with E-state index >= 15 is 0 Å².